The fraction of sp³-hybridized carbons (Fsp3) is 0.480. The van der Waals surface area contributed by atoms with E-state index in [9.17, 15) is 0 Å². The van der Waals surface area contributed by atoms with Gasteiger partial charge in [0.2, 0.25) is 5.13 Å². The molecule has 1 heterocycles. The number of aromatic nitrogens is 1. The van der Waals surface area contributed by atoms with Crippen LogP contribution < -0.4 is 14.4 Å². The van der Waals surface area contributed by atoms with Gasteiger partial charge in [-0.05, 0) is 37.5 Å². The Kier molecular flexibility index (Phi) is 9.32. The van der Waals surface area contributed by atoms with Crippen molar-refractivity contribution < 1.29 is 9.47 Å². The first kappa shape index (κ1) is 25.2. The molecular weight excluding hydrogens is 456 g/mol. The molecule has 178 valence electrons. The molecule has 0 saturated carbocycles. The molecule has 1 unspecified atom stereocenters. The Morgan fingerprint density at radius 2 is 1.85 bits per heavy atom. The lowest BCUT2D eigenvalue weighted by Gasteiger charge is -2.29. The Balaban J connectivity index is 1.89. The van der Waals surface area contributed by atoms with Crippen LogP contribution in [-0.2, 0) is 0 Å². The van der Waals surface area contributed by atoms with Crippen LogP contribution in [0.15, 0.2) is 40.6 Å². The first-order chi connectivity index (χ1) is 16.0. The molecule has 8 heteroatoms. The van der Waals surface area contributed by atoms with E-state index < -0.39 is 0 Å². The molecule has 6 nitrogen and oxygen atoms in total. The number of methoxy groups -OCH3 is 2. The molecule has 0 aliphatic carbocycles. The van der Waals surface area contributed by atoms with Crippen LogP contribution in [0.1, 0.15) is 46.5 Å². The maximum absolute atomic E-state index is 6.08. The fourth-order valence-corrected chi connectivity index (χ4v) is 4.91. The molecule has 0 N–H and O–H groups in total. The summed E-state index contributed by atoms with van der Waals surface area (Å²) in [6, 6.07) is 9.48. The summed E-state index contributed by atoms with van der Waals surface area (Å²) in [6.07, 6.45) is 4.88. The number of halogens is 1. The van der Waals surface area contributed by atoms with Crippen molar-refractivity contribution in [3.63, 3.8) is 0 Å². The minimum atomic E-state index is 0.564. The Morgan fingerprint density at radius 1 is 1.06 bits per heavy atom. The fourth-order valence-electron chi connectivity index (χ4n) is 3.84. The van der Waals surface area contributed by atoms with E-state index >= 15 is 0 Å². The van der Waals surface area contributed by atoms with E-state index in [0.29, 0.717) is 27.5 Å². The number of thiazole rings is 1. The van der Waals surface area contributed by atoms with Gasteiger partial charge in [-0.3, -0.25) is 0 Å². The number of anilines is 1. The van der Waals surface area contributed by atoms with Crippen LogP contribution in [0.5, 0.6) is 11.5 Å². The third-order valence-electron chi connectivity index (χ3n) is 5.81. The van der Waals surface area contributed by atoms with E-state index in [0.717, 1.165) is 41.2 Å². The van der Waals surface area contributed by atoms with Crippen LogP contribution in [0.25, 0.3) is 10.2 Å². The Labute approximate surface area is 205 Å². The van der Waals surface area contributed by atoms with E-state index in [4.69, 9.17) is 21.1 Å². The van der Waals surface area contributed by atoms with Gasteiger partial charge in [-0.15, -0.1) is 10.2 Å². The van der Waals surface area contributed by atoms with Crippen LogP contribution >= 0.6 is 22.9 Å². The maximum atomic E-state index is 6.08. The molecule has 0 spiro atoms. The number of fused-ring (bicyclic) bond motifs is 1. The van der Waals surface area contributed by atoms with Crippen LogP contribution in [0.3, 0.4) is 0 Å². The summed E-state index contributed by atoms with van der Waals surface area (Å²) >= 11 is 7.53. The van der Waals surface area contributed by atoms with E-state index in [1.807, 2.05) is 30.3 Å². The lowest BCUT2D eigenvalue weighted by molar-refractivity contribution is 0.400. The van der Waals surface area contributed by atoms with Gasteiger partial charge in [-0.25, -0.2) is 4.98 Å². The number of benzene rings is 2. The topological polar surface area (TPSA) is 59.3 Å². The largest absolute Gasteiger partial charge is 0.494 e. The van der Waals surface area contributed by atoms with Crippen LogP contribution in [0.4, 0.5) is 16.5 Å². The minimum absolute atomic E-state index is 0.564. The second kappa shape index (κ2) is 12.2. The lowest BCUT2D eigenvalue weighted by atomic mass is 9.98. The Bertz CT molecular complexity index is 1090. The normalized spacial score (nSPS) is 12.4. The van der Waals surface area contributed by atoms with Gasteiger partial charge < -0.3 is 14.4 Å². The molecule has 1 aromatic heterocycles. The van der Waals surface area contributed by atoms with Crippen LogP contribution in [0.2, 0.25) is 5.02 Å². The molecule has 1 atom stereocenters. The zero-order chi connectivity index (χ0) is 23.8. The van der Waals surface area contributed by atoms with Gasteiger partial charge >= 0.3 is 0 Å². The van der Waals surface area contributed by atoms with Crippen molar-refractivity contribution in [2.24, 2.45) is 16.1 Å². The van der Waals surface area contributed by atoms with Crippen molar-refractivity contribution in [3.8, 4) is 11.5 Å². The van der Waals surface area contributed by atoms with Crippen molar-refractivity contribution in [1.29, 1.82) is 0 Å². The summed E-state index contributed by atoms with van der Waals surface area (Å²) < 4.78 is 12.4. The molecule has 0 aliphatic rings. The number of unbranched alkanes of at least 4 members (excludes halogenated alkanes) is 1. The summed E-state index contributed by atoms with van der Waals surface area (Å²) in [5.74, 6) is 2.05. The van der Waals surface area contributed by atoms with E-state index in [2.05, 4.69) is 40.9 Å². The maximum Gasteiger partial charge on any atom is 0.231 e. The second-order valence-corrected chi connectivity index (χ2v) is 9.41. The smallest absolute Gasteiger partial charge is 0.231 e. The standard InChI is InChI=1S/C25H33ClN4O2S/c1-6-9-10-17(7-2)16-30(8-3)21-15-22(31-4)20(14-23(21)32-5)28-29-25-27-19-12-11-18(26)13-24(19)33-25/h11-15,17H,6-10,16H2,1-5H3. The third kappa shape index (κ3) is 6.36. The number of ether oxygens (including phenoxy) is 2. The Morgan fingerprint density at radius 3 is 2.52 bits per heavy atom. The number of hydrogen-bond donors (Lipinski definition) is 0. The first-order valence-corrected chi connectivity index (χ1v) is 12.7. The molecule has 3 aromatic rings. The van der Waals surface area contributed by atoms with Crippen LogP contribution in [0, 0.1) is 5.92 Å². The highest BCUT2D eigenvalue weighted by atomic mass is 35.5. The molecule has 33 heavy (non-hydrogen) atoms. The zero-order valence-corrected chi connectivity index (χ0v) is 21.7. The molecule has 0 amide bonds. The monoisotopic (exact) mass is 488 g/mol. The van der Waals surface area contributed by atoms with Crippen molar-refractivity contribution in [3.05, 3.63) is 35.4 Å². The average Bonchev–Trinajstić information content (AvgIpc) is 3.24. The quantitative estimate of drug-likeness (QED) is 0.240. The molecule has 3 rings (SSSR count). The summed E-state index contributed by atoms with van der Waals surface area (Å²) in [5.41, 5.74) is 2.47. The second-order valence-electron chi connectivity index (χ2n) is 7.96. The van der Waals surface area contributed by atoms with Crippen molar-refractivity contribution in [2.75, 3.05) is 32.2 Å². The molecule has 0 aliphatic heterocycles. The number of rotatable bonds is 12. The van der Waals surface area contributed by atoms with Gasteiger partial charge in [0, 0.05) is 30.2 Å². The summed E-state index contributed by atoms with van der Waals surface area (Å²) in [7, 11) is 3.34. The lowest BCUT2D eigenvalue weighted by Crippen LogP contribution is -2.29. The van der Waals surface area contributed by atoms with Gasteiger partial charge in [0.15, 0.2) is 0 Å². The molecule has 0 fully saturated rings. The van der Waals surface area contributed by atoms with Gasteiger partial charge in [-0.1, -0.05) is 56.0 Å². The van der Waals surface area contributed by atoms with Gasteiger partial charge in [0.1, 0.15) is 17.2 Å². The molecule has 2 aromatic carbocycles. The summed E-state index contributed by atoms with van der Waals surface area (Å²) in [5, 5.41) is 10.0. The van der Waals surface area contributed by atoms with Crippen molar-refractivity contribution >= 4 is 49.7 Å². The average molecular weight is 489 g/mol. The van der Waals surface area contributed by atoms with Crippen molar-refractivity contribution in [1.82, 2.24) is 4.98 Å². The number of azo groups is 1. The van der Waals surface area contributed by atoms with Crippen LogP contribution in [-0.4, -0.2) is 32.3 Å². The first-order valence-electron chi connectivity index (χ1n) is 11.5. The molecular formula is C25H33ClN4O2S. The van der Waals surface area contributed by atoms with E-state index in [1.165, 1.54) is 30.6 Å². The molecule has 0 radical (unpaired) electrons. The third-order valence-corrected chi connectivity index (χ3v) is 6.94. The SMILES string of the molecule is CCCCC(CC)CN(CC)c1cc(OC)c(N=Nc2nc3ccc(Cl)cc3s2)cc1OC. The highest BCUT2D eigenvalue weighted by Crippen LogP contribution is 2.41. The predicted molar refractivity (Wildman–Crippen MR) is 140 cm³/mol. The summed E-state index contributed by atoms with van der Waals surface area (Å²) in [6.45, 7) is 8.56. The van der Waals surface area contributed by atoms with Gasteiger partial charge in [0.25, 0.3) is 0 Å². The highest BCUT2D eigenvalue weighted by Gasteiger charge is 2.19. The molecule has 0 saturated heterocycles. The van der Waals surface area contributed by atoms with E-state index in [1.54, 1.807) is 14.2 Å². The van der Waals surface area contributed by atoms with E-state index in [-0.39, 0.29) is 0 Å². The zero-order valence-electron chi connectivity index (χ0n) is 20.1. The highest BCUT2D eigenvalue weighted by molar-refractivity contribution is 7.21. The van der Waals surface area contributed by atoms with Gasteiger partial charge in [0.05, 0.1) is 30.1 Å². The number of hydrogen-bond acceptors (Lipinski definition) is 7. The minimum Gasteiger partial charge on any atom is -0.494 e. The van der Waals surface area contributed by atoms with Crippen molar-refractivity contribution in [2.45, 2.75) is 46.5 Å². The molecule has 0 bridgehead atoms. The van der Waals surface area contributed by atoms with Gasteiger partial charge in [-0.2, -0.15) is 0 Å². The predicted octanol–water partition coefficient (Wildman–Crippen LogP) is 8.43. The summed E-state index contributed by atoms with van der Waals surface area (Å²) in [4.78, 5) is 6.88. The number of nitrogens with zero attached hydrogens (tertiary/aromatic N) is 4. The Hall–Kier alpha value is -2.38.